The summed E-state index contributed by atoms with van der Waals surface area (Å²) in [6.45, 7) is 3.21. The van der Waals surface area contributed by atoms with Gasteiger partial charge in [-0.1, -0.05) is 60.7 Å². The second-order valence-electron chi connectivity index (χ2n) is 7.18. The van der Waals surface area contributed by atoms with Crippen molar-refractivity contribution in [3.8, 4) is 5.75 Å². The van der Waals surface area contributed by atoms with E-state index in [1.807, 2.05) is 0 Å². The van der Waals surface area contributed by atoms with Crippen molar-refractivity contribution < 1.29 is 32.0 Å². The van der Waals surface area contributed by atoms with Gasteiger partial charge in [-0.05, 0) is 38.1 Å². The van der Waals surface area contributed by atoms with Crippen molar-refractivity contribution in [3.63, 3.8) is 0 Å². The van der Waals surface area contributed by atoms with Crippen molar-refractivity contribution in [1.82, 2.24) is 0 Å². The first-order valence-electron chi connectivity index (χ1n) is 10.5. The fourth-order valence-corrected chi connectivity index (χ4v) is 8.15. The lowest BCUT2D eigenvalue weighted by Crippen LogP contribution is -2.39. The third kappa shape index (κ3) is 4.01. The van der Waals surface area contributed by atoms with Crippen molar-refractivity contribution in [3.05, 3.63) is 96.1 Å². The van der Waals surface area contributed by atoms with Crippen LogP contribution in [0, 0.1) is 0 Å². The highest BCUT2D eigenvalue weighted by atomic mass is 31.2. The van der Waals surface area contributed by atoms with E-state index in [9.17, 15) is 13.9 Å². The zero-order chi connectivity index (χ0) is 23.5. The maximum atomic E-state index is 14.4. The van der Waals surface area contributed by atoms with E-state index in [-0.39, 0.29) is 35.4 Å². The molecule has 2 atom stereocenters. The van der Waals surface area contributed by atoms with Crippen LogP contribution in [0.2, 0.25) is 0 Å². The molecule has 2 unspecified atom stereocenters. The molecular formula is C24H24O7P2. The van der Waals surface area contributed by atoms with Crippen LogP contribution in [0.25, 0.3) is 0 Å². The Labute approximate surface area is 192 Å². The number of ketones is 1. The van der Waals surface area contributed by atoms with Crippen molar-refractivity contribution in [2.45, 2.75) is 19.2 Å². The molecule has 7 nitrogen and oxygen atoms in total. The minimum Gasteiger partial charge on any atom is -0.420 e. The zero-order valence-corrected chi connectivity index (χ0v) is 20.0. The summed E-state index contributed by atoms with van der Waals surface area (Å²) >= 11 is 0. The molecule has 0 aromatic heterocycles. The van der Waals surface area contributed by atoms with Gasteiger partial charge < -0.3 is 13.6 Å². The van der Waals surface area contributed by atoms with Gasteiger partial charge in [0.1, 0.15) is 5.75 Å². The molecule has 0 aliphatic carbocycles. The number of fused-ring (bicyclic) bond motifs is 1. The van der Waals surface area contributed by atoms with Crippen molar-refractivity contribution in [1.29, 1.82) is 0 Å². The standard InChI is InChI=1S/C24H24O7P2/c1-3-28-33(27,29-4-2)24(19-13-7-5-8-14-19)23(25)21-17-11-12-18-22(21)30-32(26,31-24)20-15-9-6-10-16-20/h5-18H,3-4H2,1-2H3. The molecule has 3 aromatic rings. The number of Topliss-reactive ketones (excluding diaryl/α,β-unsaturated/α-hetero) is 1. The number of carbonyl (C=O) groups is 1. The Bertz CT molecular complexity index is 1220. The van der Waals surface area contributed by atoms with E-state index in [0.717, 1.165) is 0 Å². The van der Waals surface area contributed by atoms with Gasteiger partial charge in [-0.15, -0.1) is 0 Å². The summed E-state index contributed by atoms with van der Waals surface area (Å²) in [4.78, 5) is 14.2. The maximum Gasteiger partial charge on any atom is 0.412 e. The van der Waals surface area contributed by atoms with Crippen LogP contribution >= 0.6 is 15.2 Å². The first-order chi connectivity index (χ1) is 15.9. The van der Waals surface area contributed by atoms with Crippen molar-refractivity contribution >= 4 is 26.3 Å². The molecule has 1 aliphatic rings. The normalized spacial score (nSPS) is 22.8. The fourth-order valence-electron chi connectivity index (χ4n) is 3.74. The molecule has 4 rings (SSSR count). The van der Waals surface area contributed by atoms with E-state index >= 15 is 0 Å². The lowest BCUT2D eigenvalue weighted by atomic mass is 9.98. The predicted octanol–water partition coefficient (Wildman–Crippen LogP) is 5.92. The molecule has 3 aromatic carbocycles. The molecule has 1 aliphatic heterocycles. The van der Waals surface area contributed by atoms with E-state index in [0.29, 0.717) is 0 Å². The van der Waals surface area contributed by atoms with Crippen LogP contribution in [-0.2, 0) is 28.0 Å². The van der Waals surface area contributed by atoms with E-state index in [1.165, 1.54) is 12.1 Å². The van der Waals surface area contributed by atoms with Gasteiger partial charge >= 0.3 is 15.2 Å². The smallest absolute Gasteiger partial charge is 0.412 e. The SMILES string of the molecule is CCOP(=O)(OCC)C1(c2ccccc2)OP(=O)(c2ccccc2)Oc2ccccc2C1=O. The summed E-state index contributed by atoms with van der Waals surface area (Å²) in [5.41, 5.74) is 0.256. The molecule has 0 fully saturated rings. The average molecular weight is 486 g/mol. The molecule has 0 amide bonds. The van der Waals surface area contributed by atoms with Crippen LogP contribution in [0.5, 0.6) is 5.75 Å². The highest BCUT2D eigenvalue weighted by molar-refractivity contribution is 7.64. The van der Waals surface area contributed by atoms with E-state index in [1.54, 1.807) is 86.6 Å². The number of hydrogen-bond donors (Lipinski definition) is 0. The molecule has 0 spiro atoms. The Balaban J connectivity index is 2.11. The molecule has 0 saturated heterocycles. The topological polar surface area (TPSA) is 88.1 Å². The molecule has 9 heteroatoms. The van der Waals surface area contributed by atoms with E-state index in [4.69, 9.17) is 18.1 Å². The Morgan fingerprint density at radius 3 is 2.00 bits per heavy atom. The van der Waals surface area contributed by atoms with Crippen molar-refractivity contribution in [2.75, 3.05) is 13.2 Å². The number of para-hydroxylation sites is 1. The second kappa shape index (κ2) is 9.38. The van der Waals surface area contributed by atoms with Crippen LogP contribution in [0.4, 0.5) is 0 Å². The lowest BCUT2D eigenvalue weighted by Gasteiger charge is -2.37. The summed E-state index contributed by atoms with van der Waals surface area (Å²) in [6.07, 6.45) is 0. The largest absolute Gasteiger partial charge is 0.420 e. The Morgan fingerprint density at radius 2 is 1.39 bits per heavy atom. The number of rotatable bonds is 7. The van der Waals surface area contributed by atoms with Gasteiger partial charge in [0.2, 0.25) is 5.78 Å². The van der Waals surface area contributed by atoms with Gasteiger partial charge in [0.05, 0.1) is 24.1 Å². The molecule has 0 radical (unpaired) electrons. The van der Waals surface area contributed by atoms with E-state index in [2.05, 4.69) is 0 Å². The first kappa shape index (κ1) is 23.6. The maximum absolute atomic E-state index is 14.4. The Kier molecular flexibility index (Phi) is 6.71. The van der Waals surface area contributed by atoms with Crippen LogP contribution in [0.1, 0.15) is 29.8 Å². The number of hydrogen-bond acceptors (Lipinski definition) is 7. The van der Waals surface area contributed by atoms with Gasteiger partial charge in [-0.25, -0.2) is 4.57 Å². The summed E-state index contributed by atoms with van der Waals surface area (Å²) in [6, 6.07) is 22.8. The van der Waals surface area contributed by atoms with Crippen molar-refractivity contribution in [2.24, 2.45) is 0 Å². The molecule has 0 saturated carbocycles. The second-order valence-corrected chi connectivity index (χ2v) is 11.2. The highest BCUT2D eigenvalue weighted by Crippen LogP contribution is 2.73. The monoisotopic (exact) mass is 486 g/mol. The molecule has 172 valence electrons. The highest BCUT2D eigenvalue weighted by Gasteiger charge is 2.65. The first-order valence-corrected chi connectivity index (χ1v) is 13.6. The number of benzene rings is 3. The minimum absolute atomic E-state index is 0.0271. The summed E-state index contributed by atoms with van der Waals surface area (Å²) in [5.74, 6) is -0.657. The summed E-state index contributed by atoms with van der Waals surface area (Å²) in [5, 5.41) is -2.16. The Morgan fingerprint density at radius 1 is 0.848 bits per heavy atom. The zero-order valence-electron chi connectivity index (χ0n) is 18.2. The molecule has 1 heterocycles. The number of carbonyl (C=O) groups excluding carboxylic acids is 1. The van der Waals surface area contributed by atoms with Gasteiger partial charge in [-0.2, -0.15) is 0 Å². The van der Waals surface area contributed by atoms with Crippen LogP contribution in [0.3, 0.4) is 0 Å². The predicted molar refractivity (Wildman–Crippen MR) is 125 cm³/mol. The molecular weight excluding hydrogens is 462 g/mol. The molecule has 0 N–H and O–H groups in total. The summed E-state index contributed by atoms with van der Waals surface area (Å²) in [7, 11) is -8.67. The van der Waals surface area contributed by atoms with Crippen LogP contribution < -0.4 is 9.83 Å². The quantitative estimate of drug-likeness (QED) is 0.383. The average Bonchev–Trinajstić information content (AvgIpc) is 2.94. The third-order valence-electron chi connectivity index (χ3n) is 5.13. The molecule has 33 heavy (non-hydrogen) atoms. The fraction of sp³-hybridized carbons (Fsp3) is 0.208. The van der Waals surface area contributed by atoms with Gasteiger partial charge in [-0.3, -0.25) is 13.9 Å². The Hall–Kier alpha value is -2.53. The van der Waals surface area contributed by atoms with Gasteiger partial charge in [0.15, 0.2) is 0 Å². The van der Waals surface area contributed by atoms with Gasteiger partial charge in [0, 0.05) is 5.56 Å². The van der Waals surface area contributed by atoms with Crippen LogP contribution in [-0.4, -0.2) is 19.0 Å². The lowest BCUT2D eigenvalue weighted by molar-refractivity contribution is 0.0553. The summed E-state index contributed by atoms with van der Waals surface area (Å²) < 4.78 is 52.2. The molecule has 0 bridgehead atoms. The van der Waals surface area contributed by atoms with Crippen LogP contribution in [0.15, 0.2) is 84.9 Å². The third-order valence-corrected chi connectivity index (χ3v) is 9.68. The van der Waals surface area contributed by atoms with Gasteiger partial charge in [0.25, 0.3) is 5.34 Å². The van der Waals surface area contributed by atoms with E-state index < -0.39 is 26.3 Å². The minimum atomic E-state index is -4.41.